The third-order valence-electron chi connectivity index (χ3n) is 3.28. The van der Waals surface area contributed by atoms with E-state index in [0.717, 1.165) is 44.2 Å². The van der Waals surface area contributed by atoms with Crippen LogP contribution in [0.2, 0.25) is 0 Å². The van der Waals surface area contributed by atoms with Crippen molar-refractivity contribution in [3.63, 3.8) is 0 Å². The van der Waals surface area contributed by atoms with Crippen LogP contribution in [0.3, 0.4) is 0 Å². The summed E-state index contributed by atoms with van der Waals surface area (Å²) in [6.07, 6.45) is 5.16. The number of hydrogen-bond donors (Lipinski definition) is 1. The number of morpholine rings is 1. The summed E-state index contributed by atoms with van der Waals surface area (Å²) < 4.78 is 5.66. The maximum atomic E-state index is 5.66. The van der Waals surface area contributed by atoms with Gasteiger partial charge in [0.1, 0.15) is 0 Å². The van der Waals surface area contributed by atoms with Gasteiger partial charge in [0.05, 0.1) is 12.7 Å². The van der Waals surface area contributed by atoms with E-state index in [1.807, 2.05) is 12.4 Å². The predicted octanol–water partition coefficient (Wildman–Crippen LogP) is 1.59. The quantitative estimate of drug-likeness (QED) is 0.875. The lowest BCUT2D eigenvalue weighted by atomic mass is 10.2. The van der Waals surface area contributed by atoms with Crippen molar-refractivity contribution in [2.75, 3.05) is 24.6 Å². The molecule has 0 radical (unpaired) electrons. The van der Waals surface area contributed by atoms with E-state index in [-0.39, 0.29) is 0 Å². The van der Waals surface area contributed by atoms with Crippen LogP contribution >= 0.6 is 0 Å². The first-order valence-corrected chi connectivity index (χ1v) is 7.10. The van der Waals surface area contributed by atoms with Gasteiger partial charge in [-0.2, -0.15) is 0 Å². The van der Waals surface area contributed by atoms with Crippen LogP contribution in [0.5, 0.6) is 0 Å². The molecule has 1 aliphatic heterocycles. The number of ether oxygens (including phenoxy) is 1. The molecule has 1 saturated heterocycles. The van der Waals surface area contributed by atoms with Crippen molar-refractivity contribution < 1.29 is 4.74 Å². The van der Waals surface area contributed by atoms with Crippen molar-refractivity contribution >= 4 is 5.95 Å². The Morgan fingerprint density at radius 2 is 2.16 bits per heavy atom. The van der Waals surface area contributed by atoms with Gasteiger partial charge < -0.3 is 15.0 Å². The van der Waals surface area contributed by atoms with E-state index in [1.165, 1.54) is 0 Å². The molecular formula is C14H24N4O. The van der Waals surface area contributed by atoms with Crippen LogP contribution in [-0.4, -0.2) is 41.8 Å². The Morgan fingerprint density at radius 1 is 1.42 bits per heavy atom. The van der Waals surface area contributed by atoms with Crippen molar-refractivity contribution in [1.29, 1.82) is 0 Å². The predicted molar refractivity (Wildman–Crippen MR) is 76.3 cm³/mol. The molecule has 5 heteroatoms. The Balaban J connectivity index is 1.93. The van der Waals surface area contributed by atoms with Gasteiger partial charge in [0.2, 0.25) is 5.95 Å². The van der Waals surface area contributed by atoms with Crippen LogP contribution in [0.15, 0.2) is 12.4 Å². The van der Waals surface area contributed by atoms with Gasteiger partial charge in [-0.05, 0) is 6.42 Å². The van der Waals surface area contributed by atoms with Crippen LogP contribution in [0.1, 0.15) is 32.8 Å². The molecule has 19 heavy (non-hydrogen) atoms. The van der Waals surface area contributed by atoms with E-state index < -0.39 is 0 Å². The Morgan fingerprint density at radius 3 is 2.79 bits per heavy atom. The molecule has 0 spiro atoms. The zero-order chi connectivity index (χ0) is 13.7. The first-order valence-electron chi connectivity index (χ1n) is 7.10. The van der Waals surface area contributed by atoms with Gasteiger partial charge in [0.25, 0.3) is 0 Å². The fourth-order valence-electron chi connectivity index (χ4n) is 2.07. The van der Waals surface area contributed by atoms with E-state index in [2.05, 4.69) is 41.0 Å². The minimum Gasteiger partial charge on any atom is -0.375 e. The fourth-order valence-corrected chi connectivity index (χ4v) is 2.07. The number of nitrogens with one attached hydrogen (secondary N) is 1. The van der Waals surface area contributed by atoms with Crippen LogP contribution in [0.4, 0.5) is 5.95 Å². The van der Waals surface area contributed by atoms with Crippen LogP contribution in [-0.2, 0) is 11.3 Å². The standard InChI is InChI=1S/C14H24N4O/c1-4-13-10-18(5-6-19-13)14-16-8-12(9-17-14)7-15-11(2)3/h8-9,11,13,15H,4-7,10H2,1-3H3. The number of nitrogens with zero attached hydrogens (tertiary/aromatic N) is 3. The Hall–Kier alpha value is -1.20. The molecule has 0 aromatic carbocycles. The van der Waals surface area contributed by atoms with Crippen molar-refractivity contribution in [2.24, 2.45) is 0 Å². The molecule has 1 unspecified atom stereocenters. The van der Waals surface area contributed by atoms with E-state index >= 15 is 0 Å². The Kier molecular flexibility index (Phi) is 5.10. The number of anilines is 1. The summed E-state index contributed by atoms with van der Waals surface area (Å²) in [4.78, 5) is 11.1. The highest BCUT2D eigenvalue weighted by Gasteiger charge is 2.20. The molecule has 1 aromatic heterocycles. The molecule has 2 heterocycles. The average molecular weight is 264 g/mol. The molecule has 1 N–H and O–H groups in total. The highest BCUT2D eigenvalue weighted by atomic mass is 16.5. The molecule has 2 rings (SSSR count). The maximum absolute atomic E-state index is 5.66. The van der Waals surface area contributed by atoms with Gasteiger partial charge in [-0.1, -0.05) is 20.8 Å². The molecule has 0 aliphatic carbocycles. The van der Waals surface area contributed by atoms with E-state index in [1.54, 1.807) is 0 Å². The highest BCUT2D eigenvalue weighted by Crippen LogP contribution is 2.14. The second-order valence-corrected chi connectivity index (χ2v) is 5.27. The fraction of sp³-hybridized carbons (Fsp3) is 0.714. The van der Waals surface area contributed by atoms with Crippen LogP contribution in [0.25, 0.3) is 0 Å². The second-order valence-electron chi connectivity index (χ2n) is 5.27. The summed E-state index contributed by atoms with van der Waals surface area (Å²) in [5.41, 5.74) is 1.12. The first kappa shape index (κ1) is 14.2. The summed E-state index contributed by atoms with van der Waals surface area (Å²) in [6.45, 7) is 9.76. The summed E-state index contributed by atoms with van der Waals surface area (Å²) in [6, 6.07) is 0.476. The number of hydrogen-bond acceptors (Lipinski definition) is 5. The maximum Gasteiger partial charge on any atom is 0.225 e. The molecule has 5 nitrogen and oxygen atoms in total. The van der Waals surface area contributed by atoms with Crippen LogP contribution in [0, 0.1) is 0 Å². The van der Waals surface area contributed by atoms with Gasteiger partial charge >= 0.3 is 0 Å². The summed E-state index contributed by atoms with van der Waals surface area (Å²) in [5, 5.41) is 3.36. The molecule has 1 fully saturated rings. The van der Waals surface area contributed by atoms with Crippen LogP contribution < -0.4 is 10.2 Å². The van der Waals surface area contributed by atoms with Crippen molar-refractivity contribution in [1.82, 2.24) is 15.3 Å². The molecule has 106 valence electrons. The molecule has 1 aromatic rings. The Labute approximate surface area is 115 Å². The van der Waals surface area contributed by atoms with Crippen molar-refractivity contribution in [3.05, 3.63) is 18.0 Å². The minimum absolute atomic E-state index is 0.305. The highest BCUT2D eigenvalue weighted by molar-refractivity contribution is 5.30. The van der Waals surface area contributed by atoms with Crippen molar-refractivity contribution in [2.45, 2.75) is 45.9 Å². The third-order valence-corrected chi connectivity index (χ3v) is 3.28. The average Bonchev–Trinajstić information content (AvgIpc) is 2.45. The lowest BCUT2D eigenvalue weighted by molar-refractivity contribution is 0.0379. The van der Waals surface area contributed by atoms with Crippen molar-refractivity contribution in [3.8, 4) is 0 Å². The molecular weight excluding hydrogens is 240 g/mol. The smallest absolute Gasteiger partial charge is 0.225 e. The normalized spacial score (nSPS) is 20.0. The van der Waals surface area contributed by atoms with E-state index in [9.17, 15) is 0 Å². The molecule has 0 amide bonds. The SMILES string of the molecule is CCC1CN(c2ncc(CNC(C)C)cn2)CCO1. The van der Waals surface area contributed by atoms with Gasteiger partial charge in [-0.3, -0.25) is 0 Å². The topological polar surface area (TPSA) is 50.3 Å². The molecule has 1 aliphatic rings. The number of aromatic nitrogens is 2. The molecule has 1 atom stereocenters. The molecule has 0 bridgehead atoms. The first-order chi connectivity index (χ1) is 9.19. The second kappa shape index (κ2) is 6.82. The zero-order valence-corrected chi connectivity index (χ0v) is 12.1. The lowest BCUT2D eigenvalue weighted by Gasteiger charge is -2.32. The van der Waals surface area contributed by atoms with E-state index in [0.29, 0.717) is 12.1 Å². The van der Waals surface area contributed by atoms with Gasteiger partial charge in [-0.25, -0.2) is 9.97 Å². The summed E-state index contributed by atoms with van der Waals surface area (Å²) in [7, 11) is 0. The third kappa shape index (κ3) is 4.14. The Bertz CT molecular complexity index is 380. The summed E-state index contributed by atoms with van der Waals surface area (Å²) in [5.74, 6) is 0.815. The zero-order valence-electron chi connectivity index (χ0n) is 12.1. The minimum atomic E-state index is 0.305. The van der Waals surface area contributed by atoms with Gasteiger partial charge in [-0.15, -0.1) is 0 Å². The number of rotatable bonds is 5. The van der Waals surface area contributed by atoms with E-state index in [4.69, 9.17) is 4.74 Å². The largest absolute Gasteiger partial charge is 0.375 e. The van der Waals surface area contributed by atoms with Gasteiger partial charge in [0, 0.05) is 43.6 Å². The molecule has 0 saturated carbocycles. The summed E-state index contributed by atoms with van der Waals surface area (Å²) >= 11 is 0. The lowest BCUT2D eigenvalue weighted by Crippen LogP contribution is -2.43. The monoisotopic (exact) mass is 264 g/mol. The van der Waals surface area contributed by atoms with Gasteiger partial charge in [0.15, 0.2) is 0 Å².